The zero-order valence-corrected chi connectivity index (χ0v) is 25.1. The van der Waals surface area contributed by atoms with E-state index in [1.807, 2.05) is 37.8 Å². The molecule has 4 rings (SSSR count). The molecule has 0 bridgehead atoms. The van der Waals surface area contributed by atoms with Gasteiger partial charge in [-0.05, 0) is 51.4 Å². The summed E-state index contributed by atoms with van der Waals surface area (Å²) in [5.74, 6) is -2.26. The maximum atomic E-state index is 14.7. The molecule has 1 N–H and O–H groups in total. The second kappa shape index (κ2) is 9.99. The van der Waals surface area contributed by atoms with Crippen molar-refractivity contribution in [3.8, 4) is 0 Å². The number of aliphatic hydroxyl groups is 1. The van der Waals surface area contributed by atoms with Crippen molar-refractivity contribution in [2.24, 2.45) is 23.2 Å². The third kappa shape index (κ3) is 4.74. The molecule has 6 atom stereocenters. The molecule has 2 saturated heterocycles. The zero-order valence-electron chi connectivity index (χ0n) is 24.3. The minimum absolute atomic E-state index is 0.00907. The molecule has 212 valence electrons. The molecule has 38 heavy (non-hydrogen) atoms. The maximum Gasteiger partial charge on any atom is 0.311 e. The van der Waals surface area contributed by atoms with Crippen LogP contribution in [0.15, 0.2) is 24.3 Å². The largest absolute Gasteiger partial charge is 0.465 e. The molecular weight excluding hydrogens is 500 g/mol. The lowest BCUT2D eigenvalue weighted by Crippen LogP contribution is -2.61. The molecule has 0 aromatic rings. The van der Waals surface area contributed by atoms with Crippen LogP contribution in [0.5, 0.6) is 0 Å². The van der Waals surface area contributed by atoms with Crippen molar-refractivity contribution in [3.05, 3.63) is 24.3 Å². The fraction of sp³-hybridized carbons (Fsp3) is 0.767. The number of carbonyl (C=O) groups is 3. The number of allylic oxidation sites excluding steroid dienone is 1. The summed E-state index contributed by atoms with van der Waals surface area (Å²) in [4.78, 5) is 46.4. The number of cyclic esters (lactones) is 1. The molecule has 0 saturated carbocycles. The monoisotopic (exact) mass is 546 g/mol. The van der Waals surface area contributed by atoms with Crippen molar-refractivity contribution in [1.82, 2.24) is 9.80 Å². The first kappa shape index (κ1) is 29.2. The SMILES string of the molecule is CC(C)[C@H](CO)N1C(=O)[C@@H]2[C@H]3C(=O)OCCC/C=C\[C@@]3(C)S[C@@]23C=CCN(C(C)(C)CC(C)(C)C)C(=O)C13. The topological polar surface area (TPSA) is 87.2 Å². The van der Waals surface area contributed by atoms with Gasteiger partial charge in [-0.1, -0.05) is 58.9 Å². The second-order valence-electron chi connectivity index (χ2n) is 13.8. The highest BCUT2D eigenvalue weighted by atomic mass is 32.2. The van der Waals surface area contributed by atoms with Gasteiger partial charge < -0.3 is 19.6 Å². The van der Waals surface area contributed by atoms with Crippen LogP contribution in [-0.2, 0) is 19.1 Å². The predicted molar refractivity (Wildman–Crippen MR) is 150 cm³/mol. The number of aliphatic hydroxyl groups excluding tert-OH is 1. The molecular formula is C30H46N2O5S. The highest BCUT2D eigenvalue weighted by Gasteiger charge is 2.74. The zero-order chi connectivity index (χ0) is 28.3. The Morgan fingerprint density at radius 2 is 1.76 bits per heavy atom. The van der Waals surface area contributed by atoms with Crippen LogP contribution in [0.4, 0.5) is 0 Å². The van der Waals surface area contributed by atoms with Gasteiger partial charge in [-0.2, -0.15) is 0 Å². The van der Waals surface area contributed by atoms with Gasteiger partial charge in [0, 0.05) is 16.8 Å². The van der Waals surface area contributed by atoms with E-state index >= 15 is 0 Å². The lowest BCUT2D eigenvalue weighted by molar-refractivity contribution is -0.155. The van der Waals surface area contributed by atoms with Crippen molar-refractivity contribution in [1.29, 1.82) is 0 Å². The molecule has 1 spiro atoms. The van der Waals surface area contributed by atoms with Crippen molar-refractivity contribution in [3.63, 3.8) is 0 Å². The first-order valence-electron chi connectivity index (χ1n) is 14.1. The molecule has 2 fully saturated rings. The Morgan fingerprint density at radius 1 is 1.08 bits per heavy atom. The van der Waals surface area contributed by atoms with Crippen molar-refractivity contribution < 1.29 is 24.2 Å². The van der Waals surface area contributed by atoms with Gasteiger partial charge in [0.25, 0.3) is 0 Å². The molecule has 8 heteroatoms. The lowest BCUT2D eigenvalue weighted by atomic mass is 9.74. The Balaban J connectivity index is 1.90. The van der Waals surface area contributed by atoms with E-state index in [2.05, 4.69) is 46.8 Å². The average molecular weight is 547 g/mol. The van der Waals surface area contributed by atoms with Crippen molar-refractivity contribution in [2.75, 3.05) is 19.8 Å². The predicted octanol–water partition coefficient (Wildman–Crippen LogP) is 4.20. The molecule has 4 aliphatic rings. The fourth-order valence-electron chi connectivity index (χ4n) is 7.49. The minimum atomic E-state index is -0.939. The van der Waals surface area contributed by atoms with E-state index in [0.717, 1.165) is 19.3 Å². The second-order valence-corrected chi connectivity index (χ2v) is 15.6. The third-order valence-electron chi connectivity index (χ3n) is 8.70. The van der Waals surface area contributed by atoms with E-state index in [-0.39, 0.29) is 35.7 Å². The number of fused-ring (bicyclic) bond motifs is 2. The number of carbonyl (C=O) groups excluding carboxylic acids is 3. The van der Waals surface area contributed by atoms with Gasteiger partial charge in [-0.3, -0.25) is 14.4 Å². The van der Waals surface area contributed by atoms with Gasteiger partial charge in [0.1, 0.15) is 6.04 Å². The van der Waals surface area contributed by atoms with Gasteiger partial charge in [0.05, 0.1) is 35.8 Å². The summed E-state index contributed by atoms with van der Waals surface area (Å²) < 4.78 is 4.07. The fourth-order valence-corrected chi connectivity index (χ4v) is 9.63. The Hall–Kier alpha value is -1.80. The summed E-state index contributed by atoms with van der Waals surface area (Å²) in [6.45, 7) is 17.1. The van der Waals surface area contributed by atoms with Crippen LogP contribution < -0.4 is 0 Å². The number of likely N-dealkylation sites (tertiary alicyclic amines) is 1. The molecule has 7 nitrogen and oxygen atoms in total. The van der Waals surface area contributed by atoms with E-state index in [9.17, 15) is 19.5 Å². The summed E-state index contributed by atoms with van der Waals surface area (Å²) in [5, 5.41) is 10.5. The molecule has 0 aromatic heterocycles. The first-order valence-corrected chi connectivity index (χ1v) is 14.9. The summed E-state index contributed by atoms with van der Waals surface area (Å²) >= 11 is 1.56. The normalized spacial score (nSPS) is 35.6. The van der Waals surface area contributed by atoms with Crippen LogP contribution in [0, 0.1) is 23.2 Å². The number of ether oxygens (including phenoxy) is 1. The lowest BCUT2D eigenvalue weighted by Gasteiger charge is -2.46. The maximum absolute atomic E-state index is 14.7. The summed E-state index contributed by atoms with van der Waals surface area (Å²) in [7, 11) is 0. The van der Waals surface area contributed by atoms with Crippen LogP contribution in [0.3, 0.4) is 0 Å². The molecule has 1 unspecified atom stereocenters. The number of hydrogen-bond acceptors (Lipinski definition) is 6. The minimum Gasteiger partial charge on any atom is -0.465 e. The van der Waals surface area contributed by atoms with E-state index < -0.39 is 39.0 Å². The molecule has 0 radical (unpaired) electrons. The number of thioether (sulfide) groups is 1. The smallest absolute Gasteiger partial charge is 0.311 e. The Bertz CT molecular complexity index is 1030. The van der Waals surface area contributed by atoms with Gasteiger partial charge in [-0.15, -0.1) is 11.8 Å². The van der Waals surface area contributed by atoms with Crippen LogP contribution >= 0.6 is 11.8 Å². The molecule has 2 amide bonds. The van der Waals surface area contributed by atoms with E-state index in [1.165, 1.54) is 0 Å². The van der Waals surface area contributed by atoms with E-state index in [4.69, 9.17) is 4.74 Å². The number of nitrogens with zero attached hydrogens (tertiary/aromatic N) is 2. The van der Waals surface area contributed by atoms with Crippen molar-refractivity contribution in [2.45, 2.75) is 102 Å². The molecule has 4 heterocycles. The van der Waals surface area contributed by atoms with Gasteiger partial charge in [-0.25, -0.2) is 0 Å². The standard InChI is InChI=1S/C30H46N2O5S/c1-19(2)20(17-33)32-23-25(35)31(28(6,7)18-27(3,4)5)15-12-14-30(23)21(24(32)34)22-26(36)37-16-11-9-10-13-29(22,8)38-30/h10,12-14,19-23,33H,9,11,15-18H2,1-8H3/b13-10-/t20-,21-,22-,23?,29+,30-/m0/s1. The third-order valence-corrected chi connectivity index (χ3v) is 10.5. The number of amides is 2. The highest BCUT2D eigenvalue weighted by Crippen LogP contribution is 2.65. The van der Waals surface area contributed by atoms with E-state index in [1.54, 1.807) is 16.7 Å². The van der Waals surface area contributed by atoms with Crippen LogP contribution in [0.25, 0.3) is 0 Å². The molecule has 0 aromatic carbocycles. The average Bonchev–Trinajstić information content (AvgIpc) is 3.12. The summed E-state index contributed by atoms with van der Waals surface area (Å²) in [6.07, 6.45) is 10.5. The van der Waals surface area contributed by atoms with E-state index in [0.29, 0.717) is 13.2 Å². The number of esters is 1. The van der Waals surface area contributed by atoms with Gasteiger partial charge >= 0.3 is 5.97 Å². The summed E-state index contributed by atoms with van der Waals surface area (Å²) in [5.41, 5.74) is -0.471. The Kier molecular flexibility index (Phi) is 7.67. The Morgan fingerprint density at radius 3 is 2.37 bits per heavy atom. The Labute approximate surface area is 232 Å². The molecule has 4 aliphatic heterocycles. The van der Waals surface area contributed by atoms with Crippen LogP contribution in [-0.4, -0.2) is 79.6 Å². The number of hydrogen-bond donors (Lipinski definition) is 1. The highest BCUT2D eigenvalue weighted by molar-refractivity contribution is 8.02. The quantitative estimate of drug-likeness (QED) is 0.411. The first-order chi connectivity index (χ1) is 17.6. The van der Waals surface area contributed by atoms with Crippen LogP contribution in [0.2, 0.25) is 0 Å². The van der Waals surface area contributed by atoms with Gasteiger partial charge in [0.15, 0.2) is 0 Å². The van der Waals surface area contributed by atoms with Crippen LogP contribution in [0.1, 0.15) is 74.7 Å². The summed E-state index contributed by atoms with van der Waals surface area (Å²) in [6, 6.07) is -1.36. The molecule has 0 aliphatic carbocycles. The number of rotatable bonds is 5. The van der Waals surface area contributed by atoms with Gasteiger partial charge in [0.2, 0.25) is 11.8 Å². The van der Waals surface area contributed by atoms with Crippen molar-refractivity contribution >= 4 is 29.5 Å².